The largest absolute Gasteiger partial charge is 0.322 e. The van der Waals surface area contributed by atoms with Crippen LogP contribution in [-0.4, -0.2) is 23.3 Å². The van der Waals surface area contributed by atoms with E-state index in [1.165, 1.54) is 11.8 Å². The molecular weight excluding hydrogens is 382 g/mol. The number of nitrogens with one attached hydrogen (secondary N) is 1. The van der Waals surface area contributed by atoms with Gasteiger partial charge in [-0.1, -0.05) is 29.5 Å². The van der Waals surface area contributed by atoms with E-state index < -0.39 is 0 Å². The third kappa shape index (κ3) is 3.63. The summed E-state index contributed by atoms with van der Waals surface area (Å²) in [5.74, 6) is -0.211. The minimum atomic E-state index is -0.150. The van der Waals surface area contributed by atoms with Gasteiger partial charge in [0.05, 0.1) is 11.3 Å². The van der Waals surface area contributed by atoms with E-state index in [-0.39, 0.29) is 11.8 Å². The standard InChI is InChI=1S/C23H21N3O2S/c1-4-26-19-10-8-16(25-21(27)17-9-7-14(2)12-15(17)3)13-20(19)29-22-18(23(26)28)6-5-11-24-22/h5-13H,4H2,1-3H3,(H,25,27). The summed E-state index contributed by atoms with van der Waals surface area (Å²) in [7, 11) is 0. The van der Waals surface area contributed by atoms with Crippen LogP contribution in [0.25, 0.3) is 0 Å². The topological polar surface area (TPSA) is 62.3 Å². The molecule has 0 saturated heterocycles. The highest BCUT2D eigenvalue weighted by atomic mass is 32.2. The van der Waals surface area contributed by atoms with Crippen molar-refractivity contribution in [2.75, 3.05) is 16.8 Å². The molecule has 1 N–H and O–H groups in total. The molecule has 0 atom stereocenters. The van der Waals surface area contributed by atoms with Crippen molar-refractivity contribution >= 4 is 35.0 Å². The van der Waals surface area contributed by atoms with Crippen LogP contribution in [0.2, 0.25) is 0 Å². The Bertz CT molecular complexity index is 1130. The zero-order valence-electron chi connectivity index (χ0n) is 16.5. The van der Waals surface area contributed by atoms with Gasteiger partial charge in [-0.05, 0) is 62.7 Å². The predicted molar refractivity (Wildman–Crippen MR) is 116 cm³/mol. The number of rotatable bonds is 3. The fourth-order valence-corrected chi connectivity index (χ4v) is 4.53. The highest BCUT2D eigenvalue weighted by Gasteiger charge is 2.27. The van der Waals surface area contributed by atoms with Gasteiger partial charge in [0.1, 0.15) is 5.03 Å². The number of pyridine rings is 1. The normalized spacial score (nSPS) is 12.8. The first-order valence-corrected chi connectivity index (χ1v) is 10.3. The summed E-state index contributed by atoms with van der Waals surface area (Å²) in [4.78, 5) is 32.7. The van der Waals surface area contributed by atoms with Crippen molar-refractivity contribution < 1.29 is 9.59 Å². The fraction of sp³-hybridized carbons (Fsp3) is 0.174. The molecule has 29 heavy (non-hydrogen) atoms. The molecule has 5 nitrogen and oxygen atoms in total. The van der Waals surface area contributed by atoms with Crippen LogP contribution in [0.4, 0.5) is 11.4 Å². The average molecular weight is 404 g/mol. The molecule has 2 amide bonds. The lowest BCUT2D eigenvalue weighted by molar-refractivity contribution is 0.0983. The SMILES string of the molecule is CCN1C(=O)c2cccnc2Sc2cc(NC(=O)c3ccc(C)cc3C)ccc21. The van der Waals surface area contributed by atoms with Gasteiger partial charge in [0.15, 0.2) is 0 Å². The van der Waals surface area contributed by atoms with Gasteiger partial charge in [-0.15, -0.1) is 0 Å². The molecule has 0 aliphatic carbocycles. The molecule has 0 saturated carbocycles. The average Bonchev–Trinajstić information content (AvgIpc) is 2.81. The van der Waals surface area contributed by atoms with Crippen molar-refractivity contribution in [3.63, 3.8) is 0 Å². The lowest BCUT2D eigenvalue weighted by atomic mass is 10.1. The van der Waals surface area contributed by atoms with E-state index in [2.05, 4.69) is 10.3 Å². The number of aromatic nitrogens is 1. The summed E-state index contributed by atoms with van der Waals surface area (Å²) in [5.41, 5.74) is 4.81. The molecule has 6 heteroatoms. The first kappa shape index (κ1) is 19.2. The Hall–Kier alpha value is -3.12. The summed E-state index contributed by atoms with van der Waals surface area (Å²) in [5, 5.41) is 3.65. The first-order valence-electron chi connectivity index (χ1n) is 9.45. The van der Waals surface area contributed by atoms with Crippen LogP contribution in [0, 0.1) is 13.8 Å². The molecule has 1 aliphatic heterocycles. The minimum absolute atomic E-state index is 0.0612. The summed E-state index contributed by atoms with van der Waals surface area (Å²) in [6.45, 7) is 6.44. The van der Waals surface area contributed by atoms with E-state index in [4.69, 9.17) is 0 Å². The van der Waals surface area contributed by atoms with Gasteiger partial charge >= 0.3 is 0 Å². The maximum Gasteiger partial charge on any atom is 0.261 e. The maximum absolute atomic E-state index is 12.9. The summed E-state index contributed by atoms with van der Waals surface area (Å²) >= 11 is 1.44. The summed E-state index contributed by atoms with van der Waals surface area (Å²) in [6, 6.07) is 15.0. The molecule has 0 spiro atoms. The summed E-state index contributed by atoms with van der Waals surface area (Å²) in [6.07, 6.45) is 1.69. The van der Waals surface area contributed by atoms with Crippen LogP contribution in [-0.2, 0) is 0 Å². The highest BCUT2D eigenvalue weighted by molar-refractivity contribution is 7.99. The number of anilines is 2. The van der Waals surface area contributed by atoms with E-state index in [9.17, 15) is 9.59 Å². The highest BCUT2D eigenvalue weighted by Crippen LogP contribution is 2.41. The molecule has 0 bridgehead atoms. The third-order valence-corrected chi connectivity index (χ3v) is 5.97. The quantitative estimate of drug-likeness (QED) is 0.662. The first-order chi connectivity index (χ1) is 14.0. The van der Waals surface area contributed by atoms with Crippen molar-refractivity contribution in [1.82, 2.24) is 4.98 Å². The lowest BCUT2D eigenvalue weighted by Gasteiger charge is -2.21. The third-order valence-electron chi connectivity index (χ3n) is 4.90. The Kier molecular flexibility index (Phi) is 5.11. The molecule has 146 valence electrons. The molecule has 2 aromatic carbocycles. The Morgan fingerprint density at radius 1 is 1.14 bits per heavy atom. The molecule has 1 aromatic heterocycles. The van der Waals surface area contributed by atoms with Gasteiger partial charge in [-0.2, -0.15) is 0 Å². The molecule has 1 aliphatic rings. The number of hydrogen-bond donors (Lipinski definition) is 1. The van der Waals surface area contributed by atoms with E-state index >= 15 is 0 Å². The predicted octanol–water partition coefficient (Wildman–Crippen LogP) is 5.08. The van der Waals surface area contributed by atoms with Crippen molar-refractivity contribution in [3.05, 3.63) is 77.0 Å². The number of nitrogens with zero attached hydrogens (tertiary/aromatic N) is 2. The molecule has 0 radical (unpaired) electrons. The van der Waals surface area contributed by atoms with Crippen LogP contribution >= 0.6 is 11.8 Å². The second-order valence-electron chi connectivity index (χ2n) is 6.96. The number of hydrogen-bond acceptors (Lipinski definition) is 4. The molecule has 0 unspecified atom stereocenters. The van der Waals surface area contributed by atoms with Crippen molar-refractivity contribution in [2.24, 2.45) is 0 Å². The lowest BCUT2D eigenvalue weighted by Crippen LogP contribution is -2.30. The second kappa shape index (κ2) is 7.72. The monoisotopic (exact) mass is 403 g/mol. The van der Waals surface area contributed by atoms with Crippen LogP contribution in [0.1, 0.15) is 38.8 Å². The van der Waals surface area contributed by atoms with E-state index in [0.717, 1.165) is 21.7 Å². The summed E-state index contributed by atoms with van der Waals surface area (Å²) < 4.78 is 0. The molecule has 4 rings (SSSR count). The van der Waals surface area contributed by atoms with Gasteiger partial charge in [0.2, 0.25) is 0 Å². The van der Waals surface area contributed by atoms with Gasteiger partial charge in [-0.3, -0.25) is 9.59 Å². The Morgan fingerprint density at radius 3 is 2.72 bits per heavy atom. The number of amides is 2. The van der Waals surface area contributed by atoms with Crippen LogP contribution in [0.5, 0.6) is 0 Å². The maximum atomic E-state index is 12.9. The molecular formula is C23H21N3O2S. The van der Waals surface area contributed by atoms with Gasteiger partial charge in [-0.25, -0.2) is 4.98 Å². The smallest absolute Gasteiger partial charge is 0.261 e. The zero-order valence-corrected chi connectivity index (χ0v) is 17.3. The molecule has 0 fully saturated rings. The fourth-order valence-electron chi connectivity index (χ4n) is 3.47. The molecule has 2 heterocycles. The molecule has 3 aromatic rings. The number of benzene rings is 2. The van der Waals surface area contributed by atoms with Crippen LogP contribution < -0.4 is 10.2 Å². The van der Waals surface area contributed by atoms with Crippen molar-refractivity contribution in [1.29, 1.82) is 0 Å². The van der Waals surface area contributed by atoms with Gasteiger partial charge in [0.25, 0.3) is 11.8 Å². The number of aryl methyl sites for hydroxylation is 2. The van der Waals surface area contributed by atoms with E-state index in [1.807, 2.05) is 57.2 Å². The van der Waals surface area contributed by atoms with E-state index in [0.29, 0.717) is 28.4 Å². The van der Waals surface area contributed by atoms with Gasteiger partial charge < -0.3 is 10.2 Å². The van der Waals surface area contributed by atoms with E-state index in [1.54, 1.807) is 23.2 Å². The minimum Gasteiger partial charge on any atom is -0.322 e. The number of carbonyl (C=O) groups excluding carboxylic acids is 2. The van der Waals surface area contributed by atoms with Gasteiger partial charge in [0, 0.05) is 28.9 Å². The number of carbonyl (C=O) groups is 2. The van der Waals surface area contributed by atoms with Crippen LogP contribution in [0.3, 0.4) is 0 Å². The van der Waals surface area contributed by atoms with Crippen molar-refractivity contribution in [2.45, 2.75) is 30.7 Å². The number of fused-ring (bicyclic) bond motifs is 2. The van der Waals surface area contributed by atoms with Crippen molar-refractivity contribution in [3.8, 4) is 0 Å². The second-order valence-corrected chi connectivity index (χ2v) is 7.99. The van der Waals surface area contributed by atoms with Crippen LogP contribution in [0.15, 0.2) is 64.6 Å². The Morgan fingerprint density at radius 2 is 1.97 bits per heavy atom. The zero-order chi connectivity index (χ0) is 20.5. The Labute approximate surface area is 174 Å². The Balaban J connectivity index is 1.69.